The summed E-state index contributed by atoms with van der Waals surface area (Å²) in [7, 11) is 0. The molecule has 2 amide bonds. The van der Waals surface area contributed by atoms with Gasteiger partial charge >= 0.3 is 0 Å². The Hall–Kier alpha value is -2.88. The quantitative estimate of drug-likeness (QED) is 0.917. The minimum Gasteiger partial charge on any atom is -0.450 e. The van der Waals surface area contributed by atoms with Gasteiger partial charge < -0.3 is 10.1 Å². The average molecular weight is 300 g/mol. The van der Waals surface area contributed by atoms with Gasteiger partial charge in [-0.3, -0.25) is 9.59 Å². The molecule has 0 fully saturated rings. The number of amides is 2. The van der Waals surface area contributed by atoms with Crippen molar-refractivity contribution in [1.29, 1.82) is 5.26 Å². The fraction of sp³-hybridized carbons (Fsp3) is 0.333. The number of ether oxygens (including phenoxy) is 1. The van der Waals surface area contributed by atoms with Gasteiger partial charge in [0.15, 0.2) is 0 Å². The third-order valence-corrected chi connectivity index (χ3v) is 3.07. The standard InChI is InChI=1S/C15H16N4O3/c1-11(20)19-15(2,22-14(18-19)8-9-16)10-13(21)17-12-6-4-3-5-7-12/h3-7H,8,10H2,1-2H3,(H,17,21). The highest BCUT2D eigenvalue weighted by Crippen LogP contribution is 2.29. The van der Waals surface area contributed by atoms with Gasteiger partial charge in [-0.05, 0) is 19.1 Å². The van der Waals surface area contributed by atoms with E-state index in [1.165, 1.54) is 6.92 Å². The van der Waals surface area contributed by atoms with Gasteiger partial charge in [-0.25, -0.2) is 0 Å². The summed E-state index contributed by atoms with van der Waals surface area (Å²) in [5.41, 5.74) is -0.571. The summed E-state index contributed by atoms with van der Waals surface area (Å²) >= 11 is 0. The summed E-state index contributed by atoms with van der Waals surface area (Å²) in [5.74, 6) is -0.538. The van der Waals surface area contributed by atoms with Gasteiger partial charge in [-0.2, -0.15) is 10.3 Å². The van der Waals surface area contributed by atoms with Gasteiger partial charge in [0.05, 0.1) is 12.5 Å². The smallest absolute Gasteiger partial charge is 0.243 e. The van der Waals surface area contributed by atoms with Crippen molar-refractivity contribution >= 4 is 23.4 Å². The predicted molar refractivity (Wildman–Crippen MR) is 79.4 cm³/mol. The van der Waals surface area contributed by atoms with E-state index in [0.717, 1.165) is 5.01 Å². The van der Waals surface area contributed by atoms with E-state index >= 15 is 0 Å². The van der Waals surface area contributed by atoms with Crippen molar-refractivity contribution in [2.75, 3.05) is 5.32 Å². The molecule has 114 valence electrons. The normalized spacial score (nSPS) is 19.9. The fourth-order valence-electron chi connectivity index (χ4n) is 2.21. The molecule has 1 aliphatic rings. The van der Waals surface area contributed by atoms with Crippen molar-refractivity contribution in [3.05, 3.63) is 30.3 Å². The second kappa shape index (κ2) is 6.26. The number of para-hydroxylation sites is 1. The van der Waals surface area contributed by atoms with Gasteiger partial charge in [0.2, 0.25) is 23.4 Å². The molecule has 1 aromatic carbocycles. The zero-order valence-electron chi connectivity index (χ0n) is 12.4. The van der Waals surface area contributed by atoms with Crippen LogP contribution in [-0.4, -0.2) is 28.4 Å². The topological polar surface area (TPSA) is 94.8 Å². The summed E-state index contributed by atoms with van der Waals surface area (Å²) in [4.78, 5) is 23.8. The van der Waals surface area contributed by atoms with Crippen LogP contribution in [0.5, 0.6) is 0 Å². The maximum Gasteiger partial charge on any atom is 0.243 e. The molecule has 7 nitrogen and oxygen atoms in total. The van der Waals surface area contributed by atoms with Crippen molar-refractivity contribution < 1.29 is 14.3 Å². The molecule has 0 saturated carbocycles. The number of benzene rings is 1. The van der Waals surface area contributed by atoms with Crippen LogP contribution in [0.15, 0.2) is 35.4 Å². The van der Waals surface area contributed by atoms with Crippen LogP contribution in [0.25, 0.3) is 0 Å². The summed E-state index contributed by atoms with van der Waals surface area (Å²) in [6, 6.07) is 10.9. The molecule has 0 saturated heterocycles. The zero-order valence-corrected chi connectivity index (χ0v) is 12.4. The maximum atomic E-state index is 12.2. The number of anilines is 1. The van der Waals surface area contributed by atoms with Crippen LogP contribution in [0.4, 0.5) is 5.69 Å². The first kappa shape index (κ1) is 15.5. The molecule has 0 spiro atoms. The minimum absolute atomic E-state index is 0.0559. The van der Waals surface area contributed by atoms with Gasteiger partial charge in [-0.1, -0.05) is 18.2 Å². The Bertz CT molecular complexity index is 651. The number of carbonyl (C=O) groups excluding carboxylic acids is 2. The van der Waals surface area contributed by atoms with E-state index in [1.54, 1.807) is 31.2 Å². The molecule has 0 radical (unpaired) electrons. The van der Waals surface area contributed by atoms with Crippen molar-refractivity contribution in [3.63, 3.8) is 0 Å². The Morgan fingerprint density at radius 1 is 1.41 bits per heavy atom. The fourth-order valence-corrected chi connectivity index (χ4v) is 2.21. The maximum absolute atomic E-state index is 12.2. The molecule has 1 aromatic rings. The Morgan fingerprint density at radius 3 is 2.68 bits per heavy atom. The Morgan fingerprint density at radius 2 is 2.09 bits per heavy atom. The zero-order chi connectivity index (χ0) is 16.2. The summed E-state index contributed by atoms with van der Waals surface area (Å²) in [6.07, 6.45) is -0.153. The first-order chi connectivity index (χ1) is 10.4. The molecular weight excluding hydrogens is 284 g/mol. The second-order valence-electron chi connectivity index (χ2n) is 5.03. The highest BCUT2D eigenvalue weighted by atomic mass is 16.6. The predicted octanol–water partition coefficient (Wildman–Crippen LogP) is 1.84. The number of hydrogen-bond acceptors (Lipinski definition) is 5. The van der Waals surface area contributed by atoms with Gasteiger partial charge in [0, 0.05) is 12.6 Å². The van der Waals surface area contributed by atoms with Crippen LogP contribution in [0.1, 0.15) is 26.7 Å². The molecule has 0 aliphatic carbocycles. The largest absolute Gasteiger partial charge is 0.450 e. The average Bonchev–Trinajstić information content (AvgIpc) is 2.76. The number of nitrogens with one attached hydrogen (secondary N) is 1. The second-order valence-corrected chi connectivity index (χ2v) is 5.03. The van der Waals surface area contributed by atoms with Crippen LogP contribution in [0, 0.1) is 11.3 Å². The summed E-state index contributed by atoms with van der Waals surface area (Å²) in [6.45, 7) is 2.92. The number of nitriles is 1. The highest BCUT2D eigenvalue weighted by molar-refractivity contribution is 5.93. The van der Waals surface area contributed by atoms with E-state index in [-0.39, 0.29) is 30.6 Å². The lowest BCUT2D eigenvalue weighted by Gasteiger charge is -2.29. The lowest BCUT2D eigenvalue weighted by atomic mass is 10.1. The van der Waals surface area contributed by atoms with Crippen LogP contribution in [0.3, 0.4) is 0 Å². The third kappa shape index (κ3) is 3.41. The van der Waals surface area contributed by atoms with E-state index in [0.29, 0.717) is 5.69 Å². The van der Waals surface area contributed by atoms with Crippen LogP contribution < -0.4 is 5.32 Å². The van der Waals surface area contributed by atoms with Gasteiger partial charge in [0.1, 0.15) is 6.42 Å². The van der Waals surface area contributed by atoms with E-state index in [2.05, 4.69) is 10.4 Å². The SMILES string of the molecule is CC(=O)N1N=C(CC#N)OC1(C)CC(=O)Nc1ccccc1. The number of hydrogen-bond donors (Lipinski definition) is 1. The van der Waals surface area contributed by atoms with Crippen molar-refractivity contribution in [2.24, 2.45) is 5.10 Å². The van der Waals surface area contributed by atoms with Crippen molar-refractivity contribution in [3.8, 4) is 6.07 Å². The van der Waals surface area contributed by atoms with Crippen molar-refractivity contribution in [2.45, 2.75) is 32.4 Å². The Balaban J connectivity index is 2.08. The van der Waals surface area contributed by atoms with E-state index in [9.17, 15) is 9.59 Å². The molecule has 0 aromatic heterocycles. The van der Waals surface area contributed by atoms with Crippen LogP contribution in [-0.2, 0) is 14.3 Å². The summed E-state index contributed by atoms with van der Waals surface area (Å²) in [5, 5.41) is 16.5. The Labute approximate surface area is 128 Å². The highest BCUT2D eigenvalue weighted by Gasteiger charge is 2.44. The number of nitrogens with zero attached hydrogens (tertiary/aromatic N) is 3. The molecule has 22 heavy (non-hydrogen) atoms. The molecule has 0 bridgehead atoms. The number of hydrazone groups is 1. The molecule has 1 unspecified atom stereocenters. The van der Waals surface area contributed by atoms with Gasteiger partial charge in [0.25, 0.3) is 0 Å². The van der Waals surface area contributed by atoms with Gasteiger partial charge in [-0.15, -0.1) is 5.10 Å². The molecule has 2 rings (SSSR count). The molecule has 1 heterocycles. The van der Waals surface area contributed by atoms with E-state index in [4.69, 9.17) is 10.00 Å². The minimum atomic E-state index is -1.23. The first-order valence-corrected chi connectivity index (χ1v) is 6.74. The summed E-state index contributed by atoms with van der Waals surface area (Å²) < 4.78 is 5.54. The van der Waals surface area contributed by atoms with Crippen LogP contribution in [0.2, 0.25) is 0 Å². The molecule has 7 heteroatoms. The lowest BCUT2D eigenvalue weighted by Crippen LogP contribution is -2.46. The number of rotatable bonds is 4. The molecule has 1 N–H and O–H groups in total. The molecule has 1 atom stereocenters. The van der Waals surface area contributed by atoms with Crippen LogP contribution >= 0.6 is 0 Å². The molecule has 1 aliphatic heterocycles. The third-order valence-electron chi connectivity index (χ3n) is 3.07. The number of carbonyl (C=O) groups is 2. The van der Waals surface area contributed by atoms with E-state index in [1.807, 2.05) is 12.1 Å². The Kier molecular flexibility index (Phi) is 4.41. The lowest BCUT2D eigenvalue weighted by molar-refractivity contribution is -0.147. The van der Waals surface area contributed by atoms with Crippen molar-refractivity contribution in [1.82, 2.24) is 5.01 Å². The molecular formula is C15H16N4O3. The first-order valence-electron chi connectivity index (χ1n) is 6.74. The van der Waals surface area contributed by atoms with E-state index < -0.39 is 5.72 Å². The monoisotopic (exact) mass is 300 g/mol.